The van der Waals surface area contributed by atoms with Crippen LogP contribution in [0.1, 0.15) is 22.3 Å². The van der Waals surface area contributed by atoms with E-state index in [9.17, 15) is 5.11 Å². The van der Waals surface area contributed by atoms with Gasteiger partial charge in [0.05, 0.1) is 14.2 Å². The lowest BCUT2D eigenvalue weighted by atomic mass is 9.99. The molecule has 0 amide bonds. The van der Waals surface area contributed by atoms with E-state index in [4.69, 9.17) is 9.47 Å². The van der Waals surface area contributed by atoms with E-state index < -0.39 is 0 Å². The van der Waals surface area contributed by atoms with Crippen molar-refractivity contribution in [2.45, 2.75) is 25.7 Å². The molecule has 0 bridgehead atoms. The zero-order valence-electron chi connectivity index (χ0n) is 15.9. The molecule has 27 heavy (non-hydrogen) atoms. The van der Waals surface area contributed by atoms with Crippen LogP contribution in [0.25, 0.3) is 0 Å². The second-order valence-corrected chi connectivity index (χ2v) is 6.70. The molecule has 0 aliphatic rings. The summed E-state index contributed by atoms with van der Waals surface area (Å²) in [6.45, 7) is 0. The Kier molecular flexibility index (Phi) is 6.37. The van der Waals surface area contributed by atoms with Crippen LogP contribution in [0.3, 0.4) is 0 Å². The summed E-state index contributed by atoms with van der Waals surface area (Å²) in [7, 11) is 3.35. The molecule has 0 aromatic heterocycles. The number of hydrogen-bond acceptors (Lipinski definition) is 3. The second kappa shape index (κ2) is 9.13. The molecule has 140 valence electrons. The third kappa shape index (κ3) is 5.52. The zero-order chi connectivity index (χ0) is 19.1. The van der Waals surface area contributed by atoms with Gasteiger partial charge in [0, 0.05) is 0 Å². The number of hydrogen-bond donors (Lipinski definition) is 1. The average Bonchev–Trinajstić information content (AvgIpc) is 2.71. The van der Waals surface area contributed by atoms with Crippen LogP contribution in [0, 0.1) is 0 Å². The Balaban J connectivity index is 1.60. The maximum absolute atomic E-state index is 10.1. The lowest BCUT2D eigenvalue weighted by Gasteiger charge is -2.09. The molecule has 0 spiro atoms. The van der Waals surface area contributed by atoms with Crippen molar-refractivity contribution in [2.75, 3.05) is 14.2 Å². The topological polar surface area (TPSA) is 38.7 Å². The van der Waals surface area contributed by atoms with Gasteiger partial charge in [0.25, 0.3) is 0 Å². The molecule has 3 aromatic rings. The Bertz CT molecular complexity index is 782. The van der Waals surface area contributed by atoms with Crippen molar-refractivity contribution < 1.29 is 14.6 Å². The Hall–Kier alpha value is -2.94. The molecule has 0 heterocycles. The number of methoxy groups -OCH3 is 2. The van der Waals surface area contributed by atoms with E-state index >= 15 is 0 Å². The number of benzene rings is 3. The fraction of sp³-hybridized carbons (Fsp3) is 0.250. The first kappa shape index (κ1) is 18.8. The van der Waals surface area contributed by atoms with E-state index in [0.717, 1.165) is 48.3 Å². The van der Waals surface area contributed by atoms with Gasteiger partial charge in [0.15, 0.2) is 0 Å². The number of rotatable bonds is 8. The number of aromatic hydroxyl groups is 1. The van der Waals surface area contributed by atoms with Crippen LogP contribution < -0.4 is 9.47 Å². The minimum Gasteiger partial charge on any atom is -0.508 e. The van der Waals surface area contributed by atoms with Crippen molar-refractivity contribution in [1.29, 1.82) is 0 Å². The number of phenolic OH excluding ortho intramolecular Hbond substituents is 1. The largest absolute Gasteiger partial charge is 0.508 e. The van der Waals surface area contributed by atoms with Gasteiger partial charge in [-0.25, -0.2) is 0 Å². The van der Waals surface area contributed by atoms with E-state index in [1.807, 2.05) is 36.4 Å². The van der Waals surface area contributed by atoms with Crippen molar-refractivity contribution in [3.63, 3.8) is 0 Å². The summed E-state index contributed by atoms with van der Waals surface area (Å²) < 4.78 is 10.4. The Morgan fingerprint density at radius 3 is 1.30 bits per heavy atom. The predicted molar refractivity (Wildman–Crippen MR) is 109 cm³/mol. The van der Waals surface area contributed by atoms with Crippen LogP contribution >= 0.6 is 0 Å². The van der Waals surface area contributed by atoms with Crippen molar-refractivity contribution in [2.24, 2.45) is 0 Å². The van der Waals surface area contributed by atoms with Gasteiger partial charge >= 0.3 is 0 Å². The normalized spacial score (nSPS) is 10.6. The van der Waals surface area contributed by atoms with Gasteiger partial charge < -0.3 is 14.6 Å². The van der Waals surface area contributed by atoms with Crippen molar-refractivity contribution in [3.8, 4) is 17.2 Å². The van der Waals surface area contributed by atoms with E-state index in [-0.39, 0.29) is 0 Å². The Morgan fingerprint density at radius 1 is 0.556 bits per heavy atom. The van der Waals surface area contributed by atoms with Crippen LogP contribution in [0.2, 0.25) is 0 Å². The summed E-state index contributed by atoms with van der Waals surface area (Å²) in [6.07, 6.45) is 3.67. The van der Waals surface area contributed by atoms with Crippen molar-refractivity contribution >= 4 is 0 Å². The summed E-state index contributed by atoms with van der Waals surface area (Å²) in [5, 5.41) is 10.1. The molecule has 0 radical (unpaired) electrons. The molecule has 3 heteroatoms. The Morgan fingerprint density at radius 2 is 0.926 bits per heavy atom. The molecular formula is C24H26O3. The quantitative estimate of drug-likeness (QED) is 0.614. The fourth-order valence-corrected chi connectivity index (χ4v) is 3.19. The standard InChI is InChI=1S/C24H26O3/c1-26-23-11-7-18(8-12-23)3-5-20-15-21(17-22(25)16-20)6-4-19-9-13-24(27-2)14-10-19/h7-17,25H,3-6H2,1-2H3. The number of aryl methyl sites for hydroxylation is 4. The molecule has 0 unspecified atom stereocenters. The van der Waals surface area contributed by atoms with Crippen LogP contribution in [-0.2, 0) is 25.7 Å². The summed E-state index contributed by atoms with van der Waals surface area (Å²) in [5.41, 5.74) is 4.85. The summed E-state index contributed by atoms with van der Waals surface area (Å²) in [6, 6.07) is 22.2. The van der Waals surface area contributed by atoms with Crippen molar-refractivity contribution in [1.82, 2.24) is 0 Å². The van der Waals surface area contributed by atoms with E-state index in [2.05, 4.69) is 30.3 Å². The summed E-state index contributed by atoms with van der Waals surface area (Å²) in [5.74, 6) is 2.08. The molecule has 3 aromatic carbocycles. The summed E-state index contributed by atoms with van der Waals surface area (Å²) >= 11 is 0. The van der Waals surface area contributed by atoms with Crippen LogP contribution in [0.5, 0.6) is 17.2 Å². The minimum atomic E-state index is 0.340. The van der Waals surface area contributed by atoms with Gasteiger partial charge in [0.2, 0.25) is 0 Å². The van der Waals surface area contributed by atoms with E-state index in [1.165, 1.54) is 11.1 Å². The molecular weight excluding hydrogens is 336 g/mol. The van der Waals surface area contributed by atoms with E-state index in [1.54, 1.807) is 14.2 Å². The predicted octanol–water partition coefficient (Wildman–Crippen LogP) is 4.98. The molecule has 0 atom stereocenters. The third-order valence-corrected chi connectivity index (χ3v) is 4.76. The maximum atomic E-state index is 10.1. The SMILES string of the molecule is COc1ccc(CCc2cc(O)cc(CCc3ccc(OC)cc3)c2)cc1. The smallest absolute Gasteiger partial charge is 0.118 e. The molecule has 1 N–H and O–H groups in total. The van der Waals surface area contributed by atoms with Gasteiger partial charge in [-0.3, -0.25) is 0 Å². The first-order chi connectivity index (χ1) is 13.2. The van der Waals surface area contributed by atoms with Gasteiger partial charge in [-0.1, -0.05) is 30.3 Å². The van der Waals surface area contributed by atoms with Gasteiger partial charge in [0.1, 0.15) is 17.2 Å². The monoisotopic (exact) mass is 362 g/mol. The van der Waals surface area contributed by atoms with Gasteiger partial charge in [-0.2, -0.15) is 0 Å². The molecule has 3 rings (SSSR count). The Labute approximate surface area is 161 Å². The number of ether oxygens (including phenoxy) is 2. The summed E-state index contributed by atoms with van der Waals surface area (Å²) in [4.78, 5) is 0. The molecule has 0 saturated carbocycles. The molecule has 0 saturated heterocycles. The highest BCUT2D eigenvalue weighted by Crippen LogP contribution is 2.20. The molecule has 0 aliphatic heterocycles. The molecule has 3 nitrogen and oxygen atoms in total. The fourth-order valence-electron chi connectivity index (χ4n) is 3.19. The molecule has 0 aliphatic carbocycles. The number of phenols is 1. The van der Waals surface area contributed by atoms with Crippen LogP contribution in [0.4, 0.5) is 0 Å². The molecule has 0 fully saturated rings. The van der Waals surface area contributed by atoms with Gasteiger partial charge in [-0.15, -0.1) is 0 Å². The maximum Gasteiger partial charge on any atom is 0.118 e. The van der Waals surface area contributed by atoms with E-state index in [0.29, 0.717) is 5.75 Å². The van der Waals surface area contributed by atoms with Crippen molar-refractivity contribution in [3.05, 3.63) is 89.0 Å². The highest BCUT2D eigenvalue weighted by Gasteiger charge is 2.04. The first-order valence-electron chi connectivity index (χ1n) is 9.24. The highest BCUT2D eigenvalue weighted by molar-refractivity contribution is 5.36. The van der Waals surface area contributed by atoms with Gasteiger partial charge in [-0.05, 0) is 84.3 Å². The third-order valence-electron chi connectivity index (χ3n) is 4.76. The zero-order valence-corrected chi connectivity index (χ0v) is 15.9. The lowest BCUT2D eigenvalue weighted by molar-refractivity contribution is 0.414. The minimum absolute atomic E-state index is 0.340. The lowest BCUT2D eigenvalue weighted by Crippen LogP contribution is -1.96. The first-order valence-corrected chi connectivity index (χ1v) is 9.24. The average molecular weight is 362 g/mol. The van der Waals surface area contributed by atoms with Crippen LogP contribution in [0.15, 0.2) is 66.7 Å². The highest BCUT2D eigenvalue weighted by atomic mass is 16.5. The van der Waals surface area contributed by atoms with Crippen LogP contribution in [-0.4, -0.2) is 19.3 Å². The second-order valence-electron chi connectivity index (χ2n) is 6.70.